The van der Waals surface area contributed by atoms with Gasteiger partial charge >= 0.3 is 0 Å². The van der Waals surface area contributed by atoms with Crippen LogP contribution in [0.1, 0.15) is 60.5 Å². The van der Waals surface area contributed by atoms with Crippen LogP contribution >= 0.6 is 0 Å². The van der Waals surface area contributed by atoms with E-state index in [1.165, 1.54) is 0 Å². The van der Waals surface area contributed by atoms with E-state index in [1.54, 1.807) is 0 Å². The van der Waals surface area contributed by atoms with Crippen LogP contribution in [0.25, 0.3) is 0 Å². The van der Waals surface area contributed by atoms with Crippen LogP contribution < -0.4 is 14.4 Å². The lowest BCUT2D eigenvalue weighted by Crippen LogP contribution is -2.35. The summed E-state index contributed by atoms with van der Waals surface area (Å²) in [5.41, 5.74) is 2.63. The molecule has 6 heteroatoms. The first kappa shape index (κ1) is 19.9. The number of benzene rings is 2. The number of hydrogen-bond acceptors (Lipinski definition) is 4. The van der Waals surface area contributed by atoms with Gasteiger partial charge in [0.05, 0.1) is 19.3 Å². The molecule has 6 nitrogen and oxygen atoms in total. The maximum atomic E-state index is 13.3. The van der Waals surface area contributed by atoms with Gasteiger partial charge in [-0.3, -0.25) is 9.59 Å². The molecule has 5 rings (SSSR count). The van der Waals surface area contributed by atoms with Crippen molar-refractivity contribution in [2.45, 2.75) is 44.6 Å². The monoisotopic (exact) mass is 420 g/mol. The van der Waals surface area contributed by atoms with Gasteiger partial charge in [-0.2, -0.15) is 0 Å². The molecular weight excluding hydrogens is 392 g/mol. The third kappa shape index (κ3) is 3.99. The molecule has 0 radical (unpaired) electrons. The minimum Gasteiger partial charge on any atom is -0.490 e. The number of nitrogens with zero attached hydrogens (tertiary/aromatic N) is 2. The first-order valence-corrected chi connectivity index (χ1v) is 11.3. The number of anilines is 1. The molecule has 2 saturated heterocycles. The maximum Gasteiger partial charge on any atom is 0.254 e. The molecule has 0 saturated carbocycles. The van der Waals surface area contributed by atoms with Crippen LogP contribution in [0.3, 0.4) is 0 Å². The zero-order chi connectivity index (χ0) is 21.2. The zero-order valence-corrected chi connectivity index (χ0v) is 17.7. The normalized spacial score (nSPS) is 21.2. The molecule has 2 aromatic rings. The van der Waals surface area contributed by atoms with E-state index in [9.17, 15) is 9.59 Å². The van der Waals surface area contributed by atoms with Crippen LogP contribution in [0.15, 0.2) is 42.5 Å². The van der Waals surface area contributed by atoms with Gasteiger partial charge in [0, 0.05) is 37.2 Å². The summed E-state index contributed by atoms with van der Waals surface area (Å²) >= 11 is 0. The number of likely N-dealkylation sites (tertiary alicyclic amines) is 1. The molecule has 0 unspecified atom stereocenters. The van der Waals surface area contributed by atoms with Gasteiger partial charge in [0.1, 0.15) is 0 Å². The lowest BCUT2D eigenvalue weighted by molar-refractivity contribution is -0.119. The van der Waals surface area contributed by atoms with Gasteiger partial charge in [-0.15, -0.1) is 0 Å². The Hall–Kier alpha value is -3.02. The lowest BCUT2D eigenvalue weighted by Gasteiger charge is -2.28. The Balaban J connectivity index is 1.34. The van der Waals surface area contributed by atoms with Gasteiger partial charge in [-0.25, -0.2) is 0 Å². The molecule has 162 valence electrons. The van der Waals surface area contributed by atoms with E-state index in [0.717, 1.165) is 67.9 Å². The van der Waals surface area contributed by atoms with Crippen molar-refractivity contribution < 1.29 is 19.1 Å². The van der Waals surface area contributed by atoms with E-state index in [2.05, 4.69) is 6.07 Å². The summed E-state index contributed by atoms with van der Waals surface area (Å²) < 4.78 is 11.6. The number of hydrogen-bond donors (Lipinski definition) is 0. The van der Waals surface area contributed by atoms with Crippen molar-refractivity contribution in [3.63, 3.8) is 0 Å². The third-order valence-corrected chi connectivity index (χ3v) is 6.42. The maximum absolute atomic E-state index is 13.3. The number of ether oxygens (including phenoxy) is 2. The molecule has 0 aromatic heterocycles. The fourth-order valence-corrected chi connectivity index (χ4v) is 4.77. The predicted octanol–water partition coefficient (Wildman–Crippen LogP) is 4.34. The number of carbonyl (C=O) groups is 2. The molecule has 0 bridgehead atoms. The minimum atomic E-state index is 0.0335. The minimum absolute atomic E-state index is 0.0335. The van der Waals surface area contributed by atoms with Crippen molar-refractivity contribution in [3.8, 4) is 11.5 Å². The highest BCUT2D eigenvalue weighted by molar-refractivity contribution is 5.97. The molecule has 3 heterocycles. The van der Waals surface area contributed by atoms with E-state index in [4.69, 9.17) is 9.47 Å². The summed E-state index contributed by atoms with van der Waals surface area (Å²) in [7, 11) is 0. The molecule has 31 heavy (non-hydrogen) atoms. The van der Waals surface area contributed by atoms with Crippen LogP contribution in [0.5, 0.6) is 11.5 Å². The van der Waals surface area contributed by atoms with Crippen molar-refractivity contribution in [2.75, 3.05) is 31.2 Å². The summed E-state index contributed by atoms with van der Waals surface area (Å²) in [5.74, 6) is 1.75. The Labute approximate surface area is 182 Å². The second kappa shape index (κ2) is 8.61. The summed E-state index contributed by atoms with van der Waals surface area (Å²) in [6, 6.07) is 13.6. The molecule has 0 N–H and O–H groups in total. The van der Waals surface area contributed by atoms with Gasteiger partial charge in [0.15, 0.2) is 11.5 Å². The first-order valence-electron chi connectivity index (χ1n) is 11.3. The fraction of sp³-hybridized carbons (Fsp3) is 0.440. The van der Waals surface area contributed by atoms with E-state index in [-0.39, 0.29) is 17.9 Å². The second-order valence-electron chi connectivity index (χ2n) is 8.46. The Bertz CT molecular complexity index is 972. The van der Waals surface area contributed by atoms with Crippen molar-refractivity contribution in [3.05, 3.63) is 53.6 Å². The average Bonchev–Trinajstić information content (AvgIpc) is 3.17. The summed E-state index contributed by atoms with van der Waals surface area (Å²) in [6.45, 7) is 2.81. The van der Waals surface area contributed by atoms with Crippen molar-refractivity contribution in [1.29, 1.82) is 0 Å². The third-order valence-electron chi connectivity index (χ3n) is 6.42. The number of carbonyl (C=O) groups excluding carboxylic acids is 2. The van der Waals surface area contributed by atoms with Crippen molar-refractivity contribution >= 4 is 17.5 Å². The SMILES string of the molecule is O=C1CCCCN1c1ccc(C(=O)N2CCC[C@@H]2c2ccc3c(c2)OCCCO3)cc1. The highest BCUT2D eigenvalue weighted by atomic mass is 16.5. The molecule has 2 fully saturated rings. The highest BCUT2D eigenvalue weighted by Gasteiger charge is 2.31. The van der Waals surface area contributed by atoms with Gasteiger partial charge in [0.2, 0.25) is 5.91 Å². The lowest BCUT2D eigenvalue weighted by atomic mass is 10.0. The molecule has 1 atom stereocenters. The number of rotatable bonds is 3. The van der Waals surface area contributed by atoms with Crippen LogP contribution in [0.2, 0.25) is 0 Å². The van der Waals surface area contributed by atoms with E-state index in [0.29, 0.717) is 25.2 Å². The van der Waals surface area contributed by atoms with Crippen LogP contribution in [0.4, 0.5) is 5.69 Å². The zero-order valence-electron chi connectivity index (χ0n) is 17.7. The summed E-state index contributed by atoms with van der Waals surface area (Å²) in [5, 5.41) is 0. The van der Waals surface area contributed by atoms with E-state index in [1.807, 2.05) is 46.2 Å². The van der Waals surface area contributed by atoms with E-state index < -0.39 is 0 Å². The molecule has 3 aliphatic heterocycles. The topological polar surface area (TPSA) is 59.1 Å². The average molecular weight is 421 g/mol. The molecule has 0 aliphatic carbocycles. The van der Waals surface area contributed by atoms with Crippen LogP contribution in [-0.4, -0.2) is 43.0 Å². The first-order chi connectivity index (χ1) is 15.2. The number of piperidine rings is 1. The fourth-order valence-electron chi connectivity index (χ4n) is 4.77. The predicted molar refractivity (Wildman–Crippen MR) is 118 cm³/mol. The summed E-state index contributed by atoms with van der Waals surface area (Å²) in [6.07, 6.45) is 5.37. The standard InChI is InChI=1S/C25H28N2O4/c28-24-6-1-2-13-26(24)20-10-7-18(8-11-20)25(29)27-14-3-5-21(27)19-9-12-22-23(17-19)31-16-4-15-30-22/h7-12,17,21H,1-6,13-16H2/t21-/m1/s1. The molecule has 2 aromatic carbocycles. The highest BCUT2D eigenvalue weighted by Crippen LogP contribution is 2.38. The van der Waals surface area contributed by atoms with Crippen molar-refractivity contribution in [1.82, 2.24) is 4.90 Å². The van der Waals surface area contributed by atoms with Gasteiger partial charge in [-0.05, 0) is 67.6 Å². The number of amides is 2. The van der Waals surface area contributed by atoms with Gasteiger partial charge < -0.3 is 19.3 Å². The van der Waals surface area contributed by atoms with Crippen molar-refractivity contribution in [2.24, 2.45) is 0 Å². The molecule has 0 spiro atoms. The molecule has 3 aliphatic rings. The Kier molecular flexibility index (Phi) is 5.53. The Morgan fingerprint density at radius 3 is 2.48 bits per heavy atom. The van der Waals surface area contributed by atoms with Crippen LogP contribution in [-0.2, 0) is 4.79 Å². The largest absolute Gasteiger partial charge is 0.490 e. The Morgan fingerprint density at radius 2 is 1.68 bits per heavy atom. The quantitative estimate of drug-likeness (QED) is 0.741. The van der Waals surface area contributed by atoms with E-state index >= 15 is 0 Å². The summed E-state index contributed by atoms with van der Waals surface area (Å²) in [4.78, 5) is 29.3. The molecular formula is C25H28N2O4. The molecule has 2 amide bonds. The van der Waals surface area contributed by atoms with Gasteiger partial charge in [0.25, 0.3) is 5.91 Å². The Morgan fingerprint density at radius 1 is 0.871 bits per heavy atom. The smallest absolute Gasteiger partial charge is 0.254 e. The number of fused-ring (bicyclic) bond motifs is 1. The van der Waals surface area contributed by atoms with Crippen LogP contribution in [0, 0.1) is 0 Å². The second-order valence-corrected chi connectivity index (χ2v) is 8.46. The van der Waals surface area contributed by atoms with Gasteiger partial charge in [-0.1, -0.05) is 6.07 Å².